The highest BCUT2D eigenvalue weighted by Crippen LogP contribution is 2.47. The number of nitrogens with zero attached hydrogens (tertiary/aromatic N) is 1. The largest absolute Gasteiger partial charge is 0.370 e. The number of nitrogens with one attached hydrogen (secondary N) is 1. The third kappa shape index (κ3) is 8.42. The van der Waals surface area contributed by atoms with Gasteiger partial charge in [-0.15, -0.1) is 0 Å². The number of amides is 2. The van der Waals surface area contributed by atoms with Gasteiger partial charge >= 0.3 is 0 Å². The number of carbonyl (C=O) groups is 2. The summed E-state index contributed by atoms with van der Waals surface area (Å²) in [6, 6.07) is 22.1. The molecule has 11 heteroatoms. The number of nitrogens with two attached hydrogens (primary N) is 1. The van der Waals surface area contributed by atoms with Crippen LogP contribution in [-0.4, -0.2) is 56.7 Å². The maximum atomic E-state index is 13.9. The fourth-order valence-electron chi connectivity index (χ4n) is 6.88. The minimum atomic E-state index is -4.35. The van der Waals surface area contributed by atoms with Crippen LogP contribution in [0.25, 0.3) is 10.8 Å². The summed E-state index contributed by atoms with van der Waals surface area (Å²) in [4.78, 5) is 27.9. The lowest BCUT2D eigenvalue weighted by atomic mass is 9.74. The van der Waals surface area contributed by atoms with Crippen molar-refractivity contribution >= 4 is 43.4 Å². The second-order valence-electron chi connectivity index (χ2n) is 13.9. The van der Waals surface area contributed by atoms with E-state index >= 15 is 0 Å². The summed E-state index contributed by atoms with van der Waals surface area (Å²) in [6.45, 7) is 9.04. The summed E-state index contributed by atoms with van der Waals surface area (Å²) >= 11 is 0. The summed E-state index contributed by atoms with van der Waals surface area (Å²) in [6.07, 6.45) is 1.63. The lowest BCUT2D eigenvalue weighted by Crippen LogP contribution is -2.60. The standard InChI is InChI=1S/C35H47N3O6S2/c1-23-18-28(29(19-23)33(40)37-34(2,3)4)30(20-24-12-8-7-9-13-24)35(5,41)38(46(6,43)44)32(39)22-31(36)45(42)27-17-16-25-14-10-11-15-26(25)21-27/h7-17,21,23,28-31,41H,18-20,22,36H2,1-6H3,(H,37,40). The molecule has 0 saturated heterocycles. The lowest BCUT2D eigenvalue weighted by Gasteiger charge is -2.45. The number of fused-ring (bicyclic) bond motifs is 1. The van der Waals surface area contributed by atoms with Crippen molar-refractivity contribution in [2.45, 2.75) is 81.8 Å². The Hall–Kier alpha value is -3.12. The monoisotopic (exact) mass is 669 g/mol. The third-order valence-corrected chi connectivity index (χ3v) is 11.4. The Morgan fingerprint density at radius 3 is 2.22 bits per heavy atom. The molecule has 3 aromatic carbocycles. The first-order valence-corrected chi connectivity index (χ1v) is 18.7. The van der Waals surface area contributed by atoms with Gasteiger partial charge < -0.3 is 16.2 Å². The summed E-state index contributed by atoms with van der Waals surface area (Å²) in [5, 5.41) is 16.0. The molecule has 7 unspecified atom stereocenters. The quantitative estimate of drug-likeness (QED) is 0.254. The summed E-state index contributed by atoms with van der Waals surface area (Å²) in [5.74, 6) is -2.78. The van der Waals surface area contributed by atoms with E-state index in [1.54, 1.807) is 12.1 Å². The van der Waals surface area contributed by atoms with Gasteiger partial charge in [0.15, 0.2) is 5.72 Å². The topological polar surface area (TPSA) is 147 Å². The van der Waals surface area contributed by atoms with Crippen LogP contribution in [-0.2, 0) is 36.8 Å². The molecule has 1 fully saturated rings. The molecule has 1 aliphatic carbocycles. The fourth-order valence-corrected chi connectivity index (χ4v) is 9.22. The van der Waals surface area contributed by atoms with Crippen molar-refractivity contribution in [2.24, 2.45) is 29.4 Å². The lowest BCUT2D eigenvalue weighted by molar-refractivity contribution is -0.157. The highest BCUT2D eigenvalue weighted by Gasteiger charge is 2.53. The zero-order valence-corrected chi connectivity index (χ0v) is 29.1. The molecular weight excluding hydrogens is 623 g/mol. The summed E-state index contributed by atoms with van der Waals surface area (Å²) in [5.41, 5.74) is 4.41. The molecule has 46 heavy (non-hydrogen) atoms. The van der Waals surface area contributed by atoms with Crippen molar-refractivity contribution in [1.82, 2.24) is 9.62 Å². The molecule has 9 nitrogen and oxygen atoms in total. The van der Waals surface area contributed by atoms with E-state index in [-0.39, 0.29) is 18.2 Å². The Balaban J connectivity index is 1.69. The number of carbonyl (C=O) groups excluding carboxylic acids is 2. The van der Waals surface area contributed by atoms with Crippen molar-refractivity contribution in [2.75, 3.05) is 6.26 Å². The molecule has 0 radical (unpaired) electrons. The van der Waals surface area contributed by atoms with Gasteiger partial charge in [0.25, 0.3) is 0 Å². The van der Waals surface area contributed by atoms with Gasteiger partial charge in [0, 0.05) is 22.3 Å². The van der Waals surface area contributed by atoms with Gasteiger partial charge in [-0.25, -0.2) is 12.7 Å². The number of rotatable bonds is 11. The van der Waals surface area contributed by atoms with Crippen LogP contribution in [0.2, 0.25) is 0 Å². The van der Waals surface area contributed by atoms with Crippen LogP contribution >= 0.6 is 0 Å². The molecule has 1 aliphatic rings. The Kier molecular flexibility index (Phi) is 10.8. The molecule has 0 bridgehead atoms. The minimum Gasteiger partial charge on any atom is -0.370 e. The second kappa shape index (κ2) is 13.9. The van der Waals surface area contributed by atoms with E-state index < -0.39 is 67.5 Å². The Morgan fingerprint density at radius 1 is 1.00 bits per heavy atom. The van der Waals surface area contributed by atoms with Crippen molar-refractivity contribution in [1.29, 1.82) is 0 Å². The Bertz CT molecular complexity index is 1690. The molecule has 4 N–H and O–H groups in total. The molecule has 2 amide bonds. The highest BCUT2D eigenvalue weighted by molar-refractivity contribution is 7.89. The molecule has 7 atom stereocenters. The van der Waals surface area contributed by atoms with Gasteiger partial charge in [0.2, 0.25) is 21.8 Å². The highest BCUT2D eigenvalue weighted by atomic mass is 32.2. The number of hydrogen-bond donors (Lipinski definition) is 3. The van der Waals surface area contributed by atoms with Crippen molar-refractivity contribution in [3.05, 3.63) is 78.4 Å². The van der Waals surface area contributed by atoms with Crippen LogP contribution < -0.4 is 11.1 Å². The summed E-state index contributed by atoms with van der Waals surface area (Å²) < 4.78 is 40.7. The van der Waals surface area contributed by atoms with Crippen LogP contribution in [0.1, 0.15) is 59.4 Å². The molecule has 3 aromatic rings. The van der Waals surface area contributed by atoms with Crippen LogP contribution in [0.3, 0.4) is 0 Å². The van der Waals surface area contributed by atoms with Gasteiger partial charge in [0.1, 0.15) is 0 Å². The van der Waals surface area contributed by atoms with E-state index in [9.17, 15) is 27.3 Å². The zero-order chi connectivity index (χ0) is 34.0. The molecular formula is C35H47N3O6S2. The smallest absolute Gasteiger partial charge is 0.241 e. The van der Waals surface area contributed by atoms with Gasteiger partial charge in [0.05, 0.1) is 28.9 Å². The minimum absolute atomic E-state index is 0.134. The van der Waals surface area contributed by atoms with E-state index in [0.717, 1.165) is 22.6 Å². The van der Waals surface area contributed by atoms with Gasteiger partial charge in [-0.2, -0.15) is 0 Å². The van der Waals surface area contributed by atoms with Crippen molar-refractivity contribution in [3.63, 3.8) is 0 Å². The maximum Gasteiger partial charge on any atom is 0.241 e. The maximum absolute atomic E-state index is 13.9. The second-order valence-corrected chi connectivity index (χ2v) is 17.4. The number of aliphatic hydroxyl groups is 1. The molecule has 0 heterocycles. The first-order valence-electron chi connectivity index (χ1n) is 15.6. The van der Waals surface area contributed by atoms with E-state index in [0.29, 0.717) is 22.0 Å². The van der Waals surface area contributed by atoms with Gasteiger partial charge in [-0.1, -0.05) is 67.6 Å². The third-order valence-electron chi connectivity index (χ3n) is 8.77. The average molecular weight is 670 g/mol. The van der Waals surface area contributed by atoms with Crippen LogP contribution in [0.15, 0.2) is 77.7 Å². The number of benzene rings is 3. The Morgan fingerprint density at radius 2 is 1.61 bits per heavy atom. The molecule has 0 spiro atoms. The van der Waals surface area contributed by atoms with Crippen LogP contribution in [0, 0.1) is 23.7 Å². The zero-order valence-electron chi connectivity index (χ0n) is 27.5. The first kappa shape index (κ1) is 35.7. The van der Waals surface area contributed by atoms with Gasteiger partial charge in [-0.3, -0.25) is 13.8 Å². The number of hydrogen-bond acceptors (Lipinski definition) is 7. The van der Waals surface area contributed by atoms with E-state index in [1.807, 2.05) is 88.4 Å². The van der Waals surface area contributed by atoms with Crippen LogP contribution in [0.4, 0.5) is 0 Å². The van der Waals surface area contributed by atoms with Crippen molar-refractivity contribution in [3.8, 4) is 0 Å². The molecule has 1 saturated carbocycles. The predicted molar refractivity (Wildman–Crippen MR) is 182 cm³/mol. The van der Waals surface area contributed by atoms with E-state index in [1.165, 1.54) is 6.92 Å². The fraction of sp³-hybridized carbons (Fsp3) is 0.486. The molecule has 0 aromatic heterocycles. The van der Waals surface area contributed by atoms with E-state index in [2.05, 4.69) is 5.32 Å². The molecule has 4 rings (SSSR count). The van der Waals surface area contributed by atoms with Gasteiger partial charge in [-0.05, 0) is 87.3 Å². The van der Waals surface area contributed by atoms with E-state index in [4.69, 9.17) is 5.73 Å². The summed E-state index contributed by atoms with van der Waals surface area (Å²) in [7, 11) is -6.20. The normalized spacial score (nSPS) is 22.0. The first-order chi connectivity index (χ1) is 21.4. The van der Waals surface area contributed by atoms with Crippen molar-refractivity contribution < 1.29 is 27.3 Å². The predicted octanol–water partition coefficient (Wildman–Crippen LogP) is 4.55. The average Bonchev–Trinajstić information content (AvgIpc) is 3.35. The Labute approximate surface area is 275 Å². The molecule has 250 valence electrons. The SMILES string of the molecule is CC1CC(C(=O)NC(C)(C)C)C(C(Cc2ccccc2)C(C)(O)N(C(=O)CC(N)S(=O)c2ccc3ccccc3c2)S(C)(=O)=O)C1. The van der Waals surface area contributed by atoms with Crippen LogP contribution in [0.5, 0.6) is 0 Å². The molecule has 0 aliphatic heterocycles. The number of sulfonamides is 1.